The highest BCUT2D eigenvalue weighted by Gasteiger charge is 2.39. The molecule has 1 saturated heterocycles. The molecule has 0 bridgehead atoms. The van der Waals surface area contributed by atoms with Crippen molar-refractivity contribution in [1.82, 2.24) is 9.46 Å². The molecule has 0 unspecified atom stereocenters. The maximum atomic E-state index is 13.2. The van der Waals surface area contributed by atoms with Crippen LogP contribution in [0.25, 0.3) is 0 Å². The Labute approximate surface area is 158 Å². The van der Waals surface area contributed by atoms with Crippen molar-refractivity contribution in [1.29, 1.82) is 0 Å². The first-order valence-corrected chi connectivity index (χ1v) is 10.8. The maximum Gasteiger partial charge on any atom is 0.244 e. The number of sulfonamides is 1. The van der Waals surface area contributed by atoms with E-state index in [9.17, 15) is 13.2 Å². The second kappa shape index (κ2) is 7.09. The van der Waals surface area contributed by atoms with Crippen molar-refractivity contribution in [3.63, 3.8) is 0 Å². The second-order valence-corrected chi connectivity index (χ2v) is 9.11. The minimum Gasteiger partial charge on any atom is -0.360 e. The van der Waals surface area contributed by atoms with Gasteiger partial charge in [0.25, 0.3) is 0 Å². The lowest BCUT2D eigenvalue weighted by molar-refractivity contribution is -0.119. The minimum atomic E-state index is -3.72. The molecule has 2 aromatic rings. The van der Waals surface area contributed by atoms with Gasteiger partial charge in [0, 0.05) is 12.6 Å². The van der Waals surface area contributed by atoms with E-state index in [1.54, 1.807) is 25.1 Å². The van der Waals surface area contributed by atoms with Crippen LogP contribution in [-0.2, 0) is 27.7 Å². The number of rotatable bonds is 4. The number of fused-ring (bicyclic) bond motifs is 1. The van der Waals surface area contributed by atoms with E-state index < -0.39 is 16.1 Å². The Morgan fingerprint density at radius 3 is 2.70 bits per heavy atom. The average Bonchev–Trinajstić information content (AvgIpc) is 3.31. The highest BCUT2D eigenvalue weighted by atomic mass is 32.2. The highest BCUT2D eigenvalue weighted by Crippen LogP contribution is 2.30. The number of hydrogen-bond acceptors (Lipinski definition) is 5. The summed E-state index contributed by atoms with van der Waals surface area (Å²) in [4.78, 5) is 12.9. The monoisotopic (exact) mass is 389 g/mol. The molecule has 27 heavy (non-hydrogen) atoms. The zero-order chi connectivity index (χ0) is 19.0. The van der Waals surface area contributed by atoms with Crippen LogP contribution in [0.5, 0.6) is 0 Å². The number of hydrogen-bond donors (Lipinski definition) is 1. The molecule has 0 saturated carbocycles. The molecule has 2 aliphatic rings. The van der Waals surface area contributed by atoms with Crippen molar-refractivity contribution in [2.24, 2.45) is 0 Å². The van der Waals surface area contributed by atoms with Crippen LogP contribution in [0.2, 0.25) is 0 Å². The van der Waals surface area contributed by atoms with Crippen LogP contribution >= 0.6 is 0 Å². The molecule has 1 atom stereocenters. The fourth-order valence-corrected chi connectivity index (χ4v) is 5.64. The average molecular weight is 389 g/mol. The Morgan fingerprint density at radius 2 is 1.96 bits per heavy atom. The van der Waals surface area contributed by atoms with Crippen LogP contribution in [0, 0.1) is 6.92 Å². The summed E-state index contributed by atoms with van der Waals surface area (Å²) in [5.74, 6) is 0.508. The molecule has 1 aliphatic heterocycles. The Bertz CT molecular complexity index is 967. The molecule has 1 aliphatic carbocycles. The maximum absolute atomic E-state index is 13.2. The minimum absolute atomic E-state index is 0.278. The number of nitrogens with zero attached hydrogens (tertiary/aromatic N) is 2. The molecule has 1 amide bonds. The molecule has 1 fully saturated rings. The van der Waals surface area contributed by atoms with Gasteiger partial charge in [-0.1, -0.05) is 11.2 Å². The van der Waals surface area contributed by atoms with Gasteiger partial charge in [-0.25, -0.2) is 8.42 Å². The molecule has 1 N–H and O–H groups in total. The number of benzene rings is 1. The van der Waals surface area contributed by atoms with Crippen LogP contribution in [0.4, 0.5) is 5.82 Å². The lowest BCUT2D eigenvalue weighted by Crippen LogP contribution is -2.43. The molecule has 0 radical (unpaired) electrons. The van der Waals surface area contributed by atoms with Gasteiger partial charge in [0.15, 0.2) is 5.82 Å². The summed E-state index contributed by atoms with van der Waals surface area (Å²) in [5.41, 5.74) is 2.35. The standard InChI is InChI=1S/C19H23N3O4S/c1-13-11-18(21-26-13)20-19(23)17-7-4-10-22(17)27(24,25)16-9-8-14-5-2-3-6-15(14)12-16/h8-9,11-12,17H,2-7,10H2,1H3,(H,20,21,23)/t17-/m0/s1. The smallest absolute Gasteiger partial charge is 0.244 e. The molecular weight excluding hydrogens is 366 g/mol. The predicted octanol–water partition coefficient (Wildman–Crippen LogP) is 2.65. The van der Waals surface area contributed by atoms with Gasteiger partial charge in [-0.15, -0.1) is 0 Å². The van der Waals surface area contributed by atoms with E-state index >= 15 is 0 Å². The number of aromatic nitrogens is 1. The predicted molar refractivity (Wildman–Crippen MR) is 99.9 cm³/mol. The van der Waals surface area contributed by atoms with Crippen LogP contribution in [0.3, 0.4) is 0 Å². The second-order valence-electron chi connectivity index (χ2n) is 7.22. The topological polar surface area (TPSA) is 92.5 Å². The zero-order valence-corrected chi connectivity index (χ0v) is 16.1. The lowest BCUT2D eigenvalue weighted by atomic mass is 9.92. The van der Waals surface area contributed by atoms with E-state index in [0.717, 1.165) is 31.2 Å². The van der Waals surface area contributed by atoms with Gasteiger partial charge in [-0.3, -0.25) is 4.79 Å². The van der Waals surface area contributed by atoms with Gasteiger partial charge < -0.3 is 9.84 Å². The van der Waals surface area contributed by atoms with E-state index in [4.69, 9.17) is 4.52 Å². The number of amides is 1. The van der Waals surface area contributed by atoms with Crippen molar-refractivity contribution in [3.8, 4) is 0 Å². The number of aryl methyl sites for hydroxylation is 3. The van der Waals surface area contributed by atoms with Gasteiger partial charge in [0.1, 0.15) is 11.8 Å². The van der Waals surface area contributed by atoms with E-state index in [0.29, 0.717) is 31.0 Å². The Hall–Kier alpha value is -2.19. The molecule has 7 nitrogen and oxygen atoms in total. The molecule has 0 spiro atoms. The fourth-order valence-electron chi connectivity index (χ4n) is 3.93. The lowest BCUT2D eigenvalue weighted by Gasteiger charge is -2.24. The van der Waals surface area contributed by atoms with E-state index in [-0.39, 0.29) is 10.8 Å². The van der Waals surface area contributed by atoms with Gasteiger partial charge >= 0.3 is 0 Å². The molecule has 1 aromatic heterocycles. The Morgan fingerprint density at radius 1 is 1.19 bits per heavy atom. The van der Waals surface area contributed by atoms with Crippen LogP contribution in [-0.4, -0.2) is 36.4 Å². The summed E-state index contributed by atoms with van der Waals surface area (Å²) >= 11 is 0. The normalized spacial score (nSPS) is 20.4. The van der Waals surface area contributed by atoms with Crippen LogP contribution in [0.1, 0.15) is 42.6 Å². The number of nitrogens with one attached hydrogen (secondary N) is 1. The van der Waals surface area contributed by atoms with Gasteiger partial charge in [0.05, 0.1) is 4.90 Å². The quantitative estimate of drug-likeness (QED) is 0.868. The summed E-state index contributed by atoms with van der Waals surface area (Å²) < 4.78 is 32.7. The molecule has 144 valence electrons. The van der Waals surface area contributed by atoms with Crippen LogP contribution in [0.15, 0.2) is 33.7 Å². The van der Waals surface area contributed by atoms with Crippen molar-refractivity contribution in [3.05, 3.63) is 41.2 Å². The molecule has 2 heterocycles. The van der Waals surface area contributed by atoms with Gasteiger partial charge in [-0.05, 0) is 68.7 Å². The highest BCUT2D eigenvalue weighted by molar-refractivity contribution is 7.89. The Kier molecular flexibility index (Phi) is 4.77. The van der Waals surface area contributed by atoms with Crippen LogP contribution < -0.4 is 5.32 Å². The number of carbonyl (C=O) groups excluding carboxylic acids is 1. The first-order valence-electron chi connectivity index (χ1n) is 9.33. The van der Waals surface area contributed by atoms with Gasteiger partial charge in [0.2, 0.25) is 15.9 Å². The van der Waals surface area contributed by atoms with E-state index in [1.165, 1.54) is 9.87 Å². The molecule has 1 aromatic carbocycles. The largest absolute Gasteiger partial charge is 0.360 e. The summed E-state index contributed by atoms with van der Waals surface area (Å²) in [6.07, 6.45) is 5.29. The van der Waals surface area contributed by atoms with Crippen molar-refractivity contribution >= 4 is 21.7 Å². The zero-order valence-electron chi connectivity index (χ0n) is 15.3. The molecule has 8 heteroatoms. The Balaban J connectivity index is 1.57. The summed E-state index contributed by atoms with van der Waals surface area (Å²) in [6.45, 7) is 2.07. The SMILES string of the molecule is Cc1cc(NC(=O)[C@@H]2CCCN2S(=O)(=O)c2ccc3c(c2)CCCC3)no1. The molecular formula is C19H23N3O4S. The summed E-state index contributed by atoms with van der Waals surface area (Å²) in [7, 11) is -3.72. The number of carbonyl (C=O) groups is 1. The molecule has 4 rings (SSSR count). The van der Waals surface area contributed by atoms with Crippen molar-refractivity contribution in [2.75, 3.05) is 11.9 Å². The summed E-state index contributed by atoms with van der Waals surface area (Å²) in [5, 5.41) is 6.40. The third-order valence-electron chi connectivity index (χ3n) is 5.31. The third kappa shape index (κ3) is 3.51. The van der Waals surface area contributed by atoms with E-state index in [1.807, 2.05) is 6.07 Å². The van der Waals surface area contributed by atoms with Crippen molar-refractivity contribution in [2.45, 2.75) is 56.4 Å². The number of anilines is 1. The van der Waals surface area contributed by atoms with E-state index in [2.05, 4.69) is 10.5 Å². The third-order valence-corrected chi connectivity index (χ3v) is 7.22. The van der Waals surface area contributed by atoms with Gasteiger partial charge in [-0.2, -0.15) is 4.31 Å². The summed E-state index contributed by atoms with van der Waals surface area (Å²) in [6, 6.07) is 6.26. The first-order chi connectivity index (χ1) is 12.9. The van der Waals surface area contributed by atoms with Crippen molar-refractivity contribution < 1.29 is 17.7 Å². The first kappa shape index (κ1) is 18.2. The fraction of sp³-hybridized carbons (Fsp3) is 0.474.